The lowest BCUT2D eigenvalue weighted by Crippen LogP contribution is -2.48. The number of nitrogens with one attached hydrogen (secondary N) is 2. The molecular formula is C15H21N3O. The first-order valence-electron chi connectivity index (χ1n) is 7.24. The fourth-order valence-corrected chi connectivity index (χ4v) is 3.28. The molecule has 3 heterocycles. The van der Waals surface area contributed by atoms with Gasteiger partial charge in [0.15, 0.2) is 0 Å². The third-order valence-corrected chi connectivity index (χ3v) is 4.20. The Hall–Kier alpha value is -1.42. The Bertz CT molecular complexity index is 422. The summed E-state index contributed by atoms with van der Waals surface area (Å²) in [4.78, 5) is 16.0. The molecule has 102 valence electrons. The highest BCUT2D eigenvalue weighted by Gasteiger charge is 2.33. The second-order valence-corrected chi connectivity index (χ2v) is 5.73. The van der Waals surface area contributed by atoms with Crippen molar-refractivity contribution in [2.45, 2.75) is 56.7 Å². The molecule has 2 N–H and O–H groups in total. The van der Waals surface area contributed by atoms with Gasteiger partial charge < -0.3 is 10.6 Å². The number of nitrogens with zero attached hydrogens (tertiary/aromatic N) is 1. The predicted octanol–water partition coefficient (Wildman–Crippen LogP) is 1.41. The van der Waals surface area contributed by atoms with E-state index in [0.717, 1.165) is 24.8 Å². The zero-order chi connectivity index (χ0) is 13.1. The molecule has 2 fully saturated rings. The molecular weight excluding hydrogens is 238 g/mol. The number of aromatic nitrogens is 1. The lowest BCUT2D eigenvalue weighted by molar-refractivity contribution is -0.122. The number of carbonyl (C=O) groups is 1. The zero-order valence-electron chi connectivity index (χ0n) is 11.1. The maximum Gasteiger partial charge on any atom is 0.220 e. The first kappa shape index (κ1) is 12.6. The van der Waals surface area contributed by atoms with E-state index >= 15 is 0 Å². The minimum Gasteiger partial charge on any atom is -0.353 e. The summed E-state index contributed by atoms with van der Waals surface area (Å²) in [6.45, 7) is 0. The molecule has 1 aromatic heterocycles. The molecule has 3 rings (SSSR count). The number of hydrogen-bond acceptors (Lipinski definition) is 3. The van der Waals surface area contributed by atoms with Crippen molar-refractivity contribution in [2.24, 2.45) is 0 Å². The number of rotatable bonds is 4. The van der Waals surface area contributed by atoms with Crippen molar-refractivity contribution in [3.05, 3.63) is 30.1 Å². The smallest absolute Gasteiger partial charge is 0.220 e. The van der Waals surface area contributed by atoms with Crippen LogP contribution in [0.1, 0.15) is 37.7 Å². The third-order valence-electron chi connectivity index (χ3n) is 4.20. The Labute approximate surface area is 114 Å². The normalized spacial score (nSPS) is 29.2. The van der Waals surface area contributed by atoms with Gasteiger partial charge in [0.2, 0.25) is 5.91 Å². The minimum atomic E-state index is 0.176. The number of piperidine rings is 1. The minimum absolute atomic E-state index is 0.176. The highest BCUT2D eigenvalue weighted by atomic mass is 16.1. The number of carbonyl (C=O) groups excluding carboxylic acids is 1. The second-order valence-electron chi connectivity index (χ2n) is 5.73. The van der Waals surface area contributed by atoms with Crippen LogP contribution in [-0.2, 0) is 11.2 Å². The summed E-state index contributed by atoms with van der Waals surface area (Å²) >= 11 is 0. The Morgan fingerprint density at radius 1 is 1.37 bits per heavy atom. The van der Waals surface area contributed by atoms with Crippen LogP contribution in [0.25, 0.3) is 0 Å². The predicted molar refractivity (Wildman–Crippen MR) is 73.7 cm³/mol. The molecule has 2 unspecified atom stereocenters. The van der Waals surface area contributed by atoms with Gasteiger partial charge in [-0.1, -0.05) is 6.07 Å². The van der Waals surface area contributed by atoms with Crippen LogP contribution < -0.4 is 10.6 Å². The maximum absolute atomic E-state index is 12.0. The standard InChI is InChI=1S/C15H21N3O/c19-15(6-3-11-2-1-7-16-10-11)18-14-8-12-4-5-13(9-14)17-12/h1-2,7,10,12-14,17H,3-6,8-9H2,(H,18,19). The third kappa shape index (κ3) is 3.32. The Morgan fingerprint density at radius 2 is 2.16 bits per heavy atom. The van der Waals surface area contributed by atoms with Gasteiger partial charge in [-0.3, -0.25) is 9.78 Å². The second kappa shape index (κ2) is 5.70. The molecule has 4 nitrogen and oxygen atoms in total. The van der Waals surface area contributed by atoms with Crippen LogP contribution in [-0.4, -0.2) is 29.0 Å². The van der Waals surface area contributed by atoms with Crippen LogP contribution in [0, 0.1) is 0 Å². The van der Waals surface area contributed by atoms with Crippen molar-refractivity contribution < 1.29 is 4.79 Å². The van der Waals surface area contributed by atoms with Crippen molar-refractivity contribution in [3.63, 3.8) is 0 Å². The van der Waals surface area contributed by atoms with Gasteiger partial charge >= 0.3 is 0 Å². The molecule has 0 aromatic carbocycles. The molecule has 0 spiro atoms. The molecule has 0 saturated carbocycles. The Kier molecular flexibility index (Phi) is 3.78. The van der Waals surface area contributed by atoms with E-state index in [1.54, 1.807) is 6.20 Å². The van der Waals surface area contributed by atoms with Crippen molar-refractivity contribution in [2.75, 3.05) is 0 Å². The van der Waals surface area contributed by atoms with Gasteiger partial charge in [-0.2, -0.15) is 0 Å². The topological polar surface area (TPSA) is 54.0 Å². The summed E-state index contributed by atoms with van der Waals surface area (Å²) in [5, 5.41) is 6.78. The van der Waals surface area contributed by atoms with Crippen molar-refractivity contribution in [1.29, 1.82) is 0 Å². The molecule has 19 heavy (non-hydrogen) atoms. The summed E-state index contributed by atoms with van der Waals surface area (Å²) in [5.74, 6) is 0.176. The van der Waals surface area contributed by atoms with E-state index in [4.69, 9.17) is 0 Å². The lowest BCUT2D eigenvalue weighted by atomic mass is 9.99. The van der Waals surface area contributed by atoms with Gasteiger partial charge in [0.25, 0.3) is 0 Å². The van der Waals surface area contributed by atoms with Crippen LogP contribution in [0.3, 0.4) is 0 Å². The molecule has 0 radical (unpaired) electrons. The highest BCUT2D eigenvalue weighted by Crippen LogP contribution is 2.26. The number of amides is 1. The largest absolute Gasteiger partial charge is 0.353 e. The van der Waals surface area contributed by atoms with Gasteiger partial charge in [0, 0.05) is 36.9 Å². The first-order chi connectivity index (χ1) is 9.29. The van der Waals surface area contributed by atoms with Gasteiger partial charge in [0.05, 0.1) is 0 Å². The van der Waals surface area contributed by atoms with E-state index in [2.05, 4.69) is 15.6 Å². The van der Waals surface area contributed by atoms with Crippen LogP contribution in [0.5, 0.6) is 0 Å². The zero-order valence-corrected chi connectivity index (χ0v) is 11.1. The van der Waals surface area contributed by atoms with Gasteiger partial charge in [-0.15, -0.1) is 0 Å². The van der Waals surface area contributed by atoms with Crippen LogP contribution in [0.15, 0.2) is 24.5 Å². The Morgan fingerprint density at radius 3 is 2.84 bits per heavy atom. The summed E-state index contributed by atoms with van der Waals surface area (Å²) in [7, 11) is 0. The molecule has 1 aromatic rings. The van der Waals surface area contributed by atoms with Gasteiger partial charge in [-0.05, 0) is 43.7 Å². The molecule has 2 bridgehead atoms. The number of hydrogen-bond donors (Lipinski definition) is 2. The van der Waals surface area contributed by atoms with E-state index in [1.807, 2.05) is 18.3 Å². The monoisotopic (exact) mass is 259 g/mol. The molecule has 0 aliphatic carbocycles. The lowest BCUT2D eigenvalue weighted by Gasteiger charge is -2.29. The molecule has 4 heteroatoms. The number of pyridine rings is 1. The fraction of sp³-hybridized carbons (Fsp3) is 0.600. The summed E-state index contributed by atoms with van der Waals surface area (Å²) in [6.07, 6.45) is 9.65. The van der Waals surface area contributed by atoms with E-state index in [-0.39, 0.29) is 5.91 Å². The average molecular weight is 259 g/mol. The van der Waals surface area contributed by atoms with Gasteiger partial charge in [-0.25, -0.2) is 0 Å². The van der Waals surface area contributed by atoms with Crippen molar-refractivity contribution >= 4 is 5.91 Å². The van der Waals surface area contributed by atoms with E-state index in [9.17, 15) is 4.79 Å². The summed E-state index contributed by atoms with van der Waals surface area (Å²) < 4.78 is 0. The summed E-state index contributed by atoms with van der Waals surface area (Å²) in [6, 6.07) is 5.56. The Balaban J connectivity index is 1.44. The fourth-order valence-electron chi connectivity index (χ4n) is 3.28. The van der Waals surface area contributed by atoms with Crippen molar-refractivity contribution in [1.82, 2.24) is 15.6 Å². The van der Waals surface area contributed by atoms with E-state index < -0.39 is 0 Å². The number of aryl methyl sites for hydroxylation is 1. The van der Waals surface area contributed by atoms with Gasteiger partial charge in [0.1, 0.15) is 0 Å². The quantitative estimate of drug-likeness (QED) is 0.859. The highest BCUT2D eigenvalue weighted by molar-refractivity contribution is 5.76. The summed E-state index contributed by atoms with van der Waals surface area (Å²) in [5.41, 5.74) is 1.13. The molecule has 2 aliphatic heterocycles. The van der Waals surface area contributed by atoms with E-state index in [0.29, 0.717) is 24.5 Å². The first-order valence-corrected chi connectivity index (χ1v) is 7.24. The molecule has 2 aliphatic rings. The molecule has 1 amide bonds. The van der Waals surface area contributed by atoms with Crippen LogP contribution in [0.2, 0.25) is 0 Å². The van der Waals surface area contributed by atoms with Crippen LogP contribution in [0.4, 0.5) is 0 Å². The van der Waals surface area contributed by atoms with Crippen molar-refractivity contribution in [3.8, 4) is 0 Å². The number of fused-ring (bicyclic) bond motifs is 2. The maximum atomic E-state index is 12.0. The molecule has 2 saturated heterocycles. The average Bonchev–Trinajstić information content (AvgIpc) is 2.77. The molecule has 2 atom stereocenters. The van der Waals surface area contributed by atoms with E-state index in [1.165, 1.54) is 12.8 Å². The SMILES string of the molecule is O=C(CCc1cccnc1)NC1CC2CCC(C1)N2. The van der Waals surface area contributed by atoms with Crippen LogP contribution >= 0.6 is 0 Å².